The van der Waals surface area contributed by atoms with E-state index in [0.29, 0.717) is 12.8 Å². The van der Waals surface area contributed by atoms with E-state index in [9.17, 15) is 9.18 Å². The smallest absolute Gasteiger partial charge is 0.329 e. The Kier molecular flexibility index (Phi) is 3.76. The van der Waals surface area contributed by atoms with Crippen LogP contribution < -0.4 is 5.32 Å². The zero-order chi connectivity index (χ0) is 12.2. The van der Waals surface area contributed by atoms with Gasteiger partial charge in [0.1, 0.15) is 5.54 Å². The van der Waals surface area contributed by atoms with Gasteiger partial charge in [0.2, 0.25) is 5.95 Å². The van der Waals surface area contributed by atoms with Crippen molar-refractivity contribution in [2.75, 3.05) is 5.32 Å². The molecule has 0 aliphatic heterocycles. The Labute approximate surface area is 92.7 Å². The van der Waals surface area contributed by atoms with Crippen molar-refractivity contribution in [2.24, 2.45) is 0 Å². The number of aliphatic carboxylic acids is 1. The Morgan fingerprint density at radius 2 is 1.94 bits per heavy atom. The Bertz CT molecular complexity index is 363. The molecule has 1 aromatic heterocycles. The van der Waals surface area contributed by atoms with Gasteiger partial charge in [-0.1, -0.05) is 13.8 Å². The van der Waals surface area contributed by atoms with Gasteiger partial charge in [-0.05, 0) is 12.8 Å². The monoisotopic (exact) mass is 227 g/mol. The molecular weight excluding hydrogens is 213 g/mol. The quantitative estimate of drug-likeness (QED) is 0.800. The highest BCUT2D eigenvalue weighted by Gasteiger charge is 2.35. The summed E-state index contributed by atoms with van der Waals surface area (Å²) in [5.41, 5.74) is -1.10. The van der Waals surface area contributed by atoms with Crippen LogP contribution in [-0.4, -0.2) is 26.6 Å². The van der Waals surface area contributed by atoms with E-state index in [1.165, 1.54) is 0 Å². The van der Waals surface area contributed by atoms with E-state index >= 15 is 0 Å². The van der Waals surface area contributed by atoms with E-state index in [0.717, 1.165) is 12.4 Å². The largest absolute Gasteiger partial charge is 0.480 e. The van der Waals surface area contributed by atoms with E-state index in [1.54, 1.807) is 13.8 Å². The van der Waals surface area contributed by atoms with Crippen LogP contribution in [0.4, 0.5) is 10.3 Å². The van der Waals surface area contributed by atoms with Crippen LogP contribution in [0.2, 0.25) is 0 Å². The summed E-state index contributed by atoms with van der Waals surface area (Å²) in [6, 6.07) is 0. The van der Waals surface area contributed by atoms with Crippen LogP contribution in [0, 0.1) is 5.82 Å². The minimum absolute atomic E-state index is 0.118. The molecule has 0 bridgehead atoms. The van der Waals surface area contributed by atoms with Crippen molar-refractivity contribution in [1.82, 2.24) is 9.97 Å². The predicted molar refractivity (Wildman–Crippen MR) is 56.6 cm³/mol. The molecule has 16 heavy (non-hydrogen) atoms. The molecule has 0 saturated carbocycles. The molecule has 88 valence electrons. The van der Waals surface area contributed by atoms with E-state index in [1.807, 2.05) is 0 Å². The summed E-state index contributed by atoms with van der Waals surface area (Å²) < 4.78 is 12.6. The lowest BCUT2D eigenvalue weighted by atomic mass is 9.93. The number of anilines is 1. The van der Waals surface area contributed by atoms with E-state index < -0.39 is 17.3 Å². The van der Waals surface area contributed by atoms with Crippen molar-refractivity contribution in [1.29, 1.82) is 0 Å². The first-order valence-corrected chi connectivity index (χ1v) is 5.03. The third-order valence-electron chi connectivity index (χ3n) is 2.59. The average Bonchev–Trinajstić information content (AvgIpc) is 2.28. The predicted octanol–water partition coefficient (Wildman–Crippen LogP) is 1.67. The molecule has 0 unspecified atom stereocenters. The van der Waals surface area contributed by atoms with Crippen LogP contribution in [0.1, 0.15) is 26.7 Å². The zero-order valence-corrected chi connectivity index (χ0v) is 9.20. The molecule has 1 heterocycles. The topological polar surface area (TPSA) is 75.1 Å². The number of carboxylic acids is 1. The van der Waals surface area contributed by atoms with Gasteiger partial charge in [-0.3, -0.25) is 0 Å². The lowest BCUT2D eigenvalue weighted by molar-refractivity contribution is -0.142. The standard InChI is InChI=1S/C10H14FN3O2/c1-3-10(4-2,8(15)16)14-9-12-5-7(11)6-13-9/h5-6H,3-4H2,1-2H3,(H,15,16)(H,12,13,14). The fraction of sp³-hybridized carbons (Fsp3) is 0.500. The summed E-state index contributed by atoms with van der Waals surface area (Å²) in [5.74, 6) is -1.41. The highest BCUT2D eigenvalue weighted by atomic mass is 19.1. The van der Waals surface area contributed by atoms with Gasteiger partial charge in [-0.2, -0.15) is 0 Å². The molecule has 5 nitrogen and oxygen atoms in total. The fourth-order valence-corrected chi connectivity index (χ4v) is 1.37. The molecule has 0 radical (unpaired) electrons. The van der Waals surface area contributed by atoms with Gasteiger partial charge in [0.05, 0.1) is 12.4 Å². The molecule has 0 aliphatic rings. The molecular formula is C10H14FN3O2. The molecule has 0 aromatic carbocycles. The third kappa shape index (κ3) is 2.44. The van der Waals surface area contributed by atoms with Crippen LogP contribution in [0.3, 0.4) is 0 Å². The Morgan fingerprint density at radius 3 is 2.31 bits per heavy atom. The highest BCUT2D eigenvalue weighted by Crippen LogP contribution is 2.20. The molecule has 2 N–H and O–H groups in total. The van der Waals surface area contributed by atoms with Gasteiger partial charge in [0.15, 0.2) is 5.82 Å². The Morgan fingerprint density at radius 1 is 1.44 bits per heavy atom. The molecule has 1 rings (SSSR count). The van der Waals surface area contributed by atoms with Gasteiger partial charge in [0.25, 0.3) is 0 Å². The van der Waals surface area contributed by atoms with Crippen molar-refractivity contribution in [3.8, 4) is 0 Å². The van der Waals surface area contributed by atoms with Crippen LogP contribution in [0.5, 0.6) is 0 Å². The minimum atomic E-state index is -1.10. The maximum Gasteiger partial charge on any atom is 0.329 e. The number of nitrogens with one attached hydrogen (secondary N) is 1. The van der Waals surface area contributed by atoms with Crippen LogP contribution in [0.25, 0.3) is 0 Å². The SMILES string of the molecule is CCC(CC)(Nc1ncc(F)cn1)C(=O)O. The second-order valence-corrected chi connectivity index (χ2v) is 3.44. The summed E-state index contributed by atoms with van der Waals surface area (Å²) in [6.07, 6.45) is 2.76. The lowest BCUT2D eigenvalue weighted by Gasteiger charge is -2.27. The zero-order valence-electron chi connectivity index (χ0n) is 9.20. The van der Waals surface area contributed by atoms with Crippen molar-refractivity contribution in [2.45, 2.75) is 32.2 Å². The van der Waals surface area contributed by atoms with Crippen LogP contribution in [-0.2, 0) is 4.79 Å². The van der Waals surface area contributed by atoms with Crippen LogP contribution in [0.15, 0.2) is 12.4 Å². The number of aromatic nitrogens is 2. The average molecular weight is 227 g/mol. The maximum atomic E-state index is 12.6. The molecule has 0 amide bonds. The molecule has 0 spiro atoms. The maximum absolute atomic E-state index is 12.6. The highest BCUT2D eigenvalue weighted by molar-refractivity contribution is 5.81. The first kappa shape index (κ1) is 12.4. The first-order chi connectivity index (χ1) is 7.54. The second-order valence-electron chi connectivity index (χ2n) is 3.44. The summed E-state index contributed by atoms with van der Waals surface area (Å²) in [7, 11) is 0. The minimum Gasteiger partial charge on any atom is -0.480 e. The summed E-state index contributed by atoms with van der Waals surface area (Å²) in [5, 5.41) is 11.9. The van der Waals surface area contributed by atoms with Crippen LogP contribution >= 0.6 is 0 Å². The van der Waals surface area contributed by atoms with Gasteiger partial charge in [-0.15, -0.1) is 0 Å². The van der Waals surface area contributed by atoms with Gasteiger partial charge in [-0.25, -0.2) is 19.2 Å². The second kappa shape index (κ2) is 4.87. The number of rotatable bonds is 5. The third-order valence-corrected chi connectivity index (χ3v) is 2.59. The number of hydrogen-bond acceptors (Lipinski definition) is 4. The number of nitrogens with zero attached hydrogens (tertiary/aromatic N) is 2. The number of carboxylic acid groups (broad SMARTS) is 1. The van der Waals surface area contributed by atoms with Crippen molar-refractivity contribution in [3.05, 3.63) is 18.2 Å². The van der Waals surface area contributed by atoms with E-state index in [2.05, 4.69) is 15.3 Å². The van der Waals surface area contributed by atoms with E-state index in [4.69, 9.17) is 5.11 Å². The first-order valence-electron chi connectivity index (χ1n) is 5.03. The molecule has 0 aliphatic carbocycles. The van der Waals surface area contributed by atoms with Gasteiger partial charge >= 0.3 is 5.97 Å². The Balaban J connectivity index is 2.91. The molecule has 0 saturated heterocycles. The van der Waals surface area contributed by atoms with Crippen molar-refractivity contribution >= 4 is 11.9 Å². The van der Waals surface area contributed by atoms with Gasteiger partial charge in [0, 0.05) is 0 Å². The molecule has 0 fully saturated rings. The number of halogens is 1. The fourth-order valence-electron chi connectivity index (χ4n) is 1.37. The molecule has 0 atom stereocenters. The van der Waals surface area contributed by atoms with Crippen molar-refractivity contribution in [3.63, 3.8) is 0 Å². The summed E-state index contributed by atoms with van der Waals surface area (Å²) in [6.45, 7) is 3.52. The van der Waals surface area contributed by atoms with Gasteiger partial charge < -0.3 is 10.4 Å². The number of hydrogen-bond donors (Lipinski definition) is 2. The lowest BCUT2D eigenvalue weighted by Crippen LogP contribution is -2.45. The Hall–Kier alpha value is -1.72. The number of carbonyl (C=O) groups is 1. The summed E-state index contributed by atoms with van der Waals surface area (Å²) in [4.78, 5) is 18.5. The summed E-state index contributed by atoms with van der Waals surface area (Å²) >= 11 is 0. The van der Waals surface area contributed by atoms with E-state index in [-0.39, 0.29) is 5.95 Å². The molecule has 1 aromatic rings. The normalized spacial score (nSPS) is 11.2. The van der Waals surface area contributed by atoms with Crippen molar-refractivity contribution < 1.29 is 14.3 Å². The molecule has 6 heteroatoms.